The van der Waals surface area contributed by atoms with Crippen LogP contribution in [0, 0.1) is 0 Å². The maximum atomic E-state index is 11.8. The van der Waals surface area contributed by atoms with Crippen LogP contribution in [0.3, 0.4) is 0 Å². The van der Waals surface area contributed by atoms with E-state index in [0.717, 1.165) is 5.56 Å². The van der Waals surface area contributed by atoms with E-state index in [9.17, 15) is 14.7 Å². The van der Waals surface area contributed by atoms with Gasteiger partial charge in [0.1, 0.15) is 17.7 Å². The number of rotatable bonds is 8. The maximum Gasteiger partial charge on any atom is 0.323 e. The summed E-state index contributed by atoms with van der Waals surface area (Å²) in [6.07, 6.45) is 0.686. The highest BCUT2D eigenvalue weighted by molar-refractivity contribution is 5.76. The summed E-state index contributed by atoms with van der Waals surface area (Å²) >= 11 is 0. The summed E-state index contributed by atoms with van der Waals surface area (Å²) in [5, 5.41) is 12.2. The zero-order valence-electron chi connectivity index (χ0n) is 13.9. The number of nitrogens with two attached hydrogens (primary N) is 1. The zero-order chi connectivity index (χ0) is 17.5. The minimum atomic E-state index is -0.931. The van der Waals surface area contributed by atoms with E-state index >= 15 is 0 Å². The van der Waals surface area contributed by atoms with Gasteiger partial charge >= 0.3 is 11.9 Å². The van der Waals surface area contributed by atoms with Gasteiger partial charge in [-0.15, -0.1) is 0 Å². The summed E-state index contributed by atoms with van der Waals surface area (Å²) in [7, 11) is 0. The Morgan fingerprint density at radius 2 is 1.87 bits per heavy atom. The van der Waals surface area contributed by atoms with Crippen molar-refractivity contribution < 1.29 is 19.4 Å². The highest BCUT2D eigenvalue weighted by Gasteiger charge is 2.23. The average Bonchev–Trinajstić information content (AvgIpc) is 2.45. The second-order valence-electron chi connectivity index (χ2n) is 6.46. The Morgan fingerprint density at radius 1 is 1.26 bits per heavy atom. The molecule has 0 amide bonds. The maximum absolute atomic E-state index is 11.8. The van der Waals surface area contributed by atoms with Crippen molar-refractivity contribution in [1.29, 1.82) is 0 Å². The van der Waals surface area contributed by atoms with E-state index in [0.29, 0.717) is 19.4 Å². The average molecular weight is 322 g/mol. The Balaban J connectivity index is 2.44. The third-order valence-corrected chi connectivity index (χ3v) is 3.14. The number of carboxylic acid groups (broad SMARTS) is 1. The number of hydrogen-bond acceptors (Lipinski definition) is 5. The summed E-state index contributed by atoms with van der Waals surface area (Å²) in [5.74, 6) is -1.41. The molecule has 0 aliphatic carbocycles. The molecule has 0 aromatic heterocycles. The van der Waals surface area contributed by atoms with Crippen LogP contribution in [0.4, 0.5) is 0 Å². The standard InChI is InChI=1S/C17H26N2O4/c1-17(2,3)23-16(22)13(18)9-10-19-14(15(20)21)11-12-7-5-4-6-8-12/h4-8,13-14,19H,9-11,18H2,1-3H3,(H,20,21)/t13-,14-/m0/s1. The largest absolute Gasteiger partial charge is 0.480 e. The summed E-state index contributed by atoms with van der Waals surface area (Å²) in [6, 6.07) is 7.89. The van der Waals surface area contributed by atoms with Crippen LogP contribution in [0.25, 0.3) is 0 Å². The van der Waals surface area contributed by atoms with Crippen LogP contribution < -0.4 is 11.1 Å². The van der Waals surface area contributed by atoms with Gasteiger partial charge in [0, 0.05) is 0 Å². The Bertz CT molecular complexity index is 511. The Hall–Kier alpha value is -1.92. The van der Waals surface area contributed by atoms with Gasteiger partial charge in [-0.1, -0.05) is 30.3 Å². The van der Waals surface area contributed by atoms with Crippen molar-refractivity contribution >= 4 is 11.9 Å². The molecule has 128 valence electrons. The number of esters is 1. The monoisotopic (exact) mass is 322 g/mol. The van der Waals surface area contributed by atoms with E-state index in [1.807, 2.05) is 30.3 Å². The summed E-state index contributed by atoms with van der Waals surface area (Å²) in [4.78, 5) is 23.1. The molecule has 23 heavy (non-hydrogen) atoms. The van der Waals surface area contributed by atoms with Gasteiger partial charge in [0.25, 0.3) is 0 Å². The quantitative estimate of drug-likeness (QED) is 0.624. The smallest absolute Gasteiger partial charge is 0.323 e. The van der Waals surface area contributed by atoms with Crippen LogP contribution in [0.15, 0.2) is 30.3 Å². The molecule has 0 aliphatic heterocycles. The van der Waals surface area contributed by atoms with E-state index in [4.69, 9.17) is 10.5 Å². The molecular formula is C17H26N2O4. The highest BCUT2D eigenvalue weighted by atomic mass is 16.6. The molecule has 1 aromatic carbocycles. The number of ether oxygens (including phenoxy) is 1. The fourth-order valence-electron chi connectivity index (χ4n) is 2.00. The minimum absolute atomic E-state index is 0.313. The lowest BCUT2D eigenvalue weighted by atomic mass is 10.1. The minimum Gasteiger partial charge on any atom is -0.480 e. The molecule has 4 N–H and O–H groups in total. The molecule has 0 fully saturated rings. The fraction of sp³-hybridized carbons (Fsp3) is 0.529. The van der Waals surface area contributed by atoms with Crippen LogP contribution in [-0.2, 0) is 20.7 Å². The summed E-state index contributed by atoms with van der Waals surface area (Å²) in [5.41, 5.74) is 6.13. The molecule has 1 aromatic rings. The van der Waals surface area contributed by atoms with Crippen molar-refractivity contribution in [2.24, 2.45) is 5.73 Å². The molecule has 1 rings (SSSR count). The van der Waals surface area contributed by atoms with Gasteiger partial charge < -0.3 is 20.9 Å². The van der Waals surface area contributed by atoms with Crippen molar-refractivity contribution in [3.63, 3.8) is 0 Å². The highest BCUT2D eigenvalue weighted by Crippen LogP contribution is 2.09. The normalized spacial score (nSPS) is 14.1. The number of carbonyl (C=O) groups excluding carboxylic acids is 1. The van der Waals surface area contributed by atoms with Crippen molar-refractivity contribution in [3.8, 4) is 0 Å². The lowest BCUT2D eigenvalue weighted by Crippen LogP contribution is -2.43. The fourth-order valence-corrected chi connectivity index (χ4v) is 2.00. The van der Waals surface area contributed by atoms with E-state index in [2.05, 4.69) is 5.32 Å². The Labute approximate surface area is 137 Å². The molecule has 2 atom stereocenters. The predicted molar refractivity (Wildman–Crippen MR) is 88.0 cm³/mol. The SMILES string of the molecule is CC(C)(C)OC(=O)[C@@H](N)CCN[C@@H](Cc1ccccc1)C(=O)O. The number of aliphatic carboxylic acids is 1. The van der Waals surface area contributed by atoms with Crippen LogP contribution >= 0.6 is 0 Å². The van der Waals surface area contributed by atoms with E-state index in [-0.39, 0.29) is 0 Å². The van der Waals surface area contributed by atoms with Crippen molar-refractivity contribution in [3.05, 3.63) is 35.9 Å². The van der Waals surface area contributed by atoms with Crippen LogP contribution in [0.1, 0.15) is 32.8 Å². The molecule has 0 unspecified atom stereocenters. The molecule has 0 heterocycles. The molecule has 0 saturated carbocycles. The van der Waals surface area contributed by atoms with E-state index in [1.165, 1.54) is 0 Å². The lowest BCUT2D eigenvalue weighted by Gasteiger charge is -2.22. The topological polar surface area (TPSA) is 102 Å². The van der Waals surface area contributed by atoms with Gasteiger partial charge in [0.05, 0.1) is 0 Å². The first-order valence-electron chi connectivity index (χ1n) is 7.67. The molecule has 6 nitrogen and oxygen atoms in total. The van der Waals surface area contributed by atoms with Crippen molar-refractivity contribution in [1.82, 2.24) is 5.32 Å². The number of nitrogens with one attached hydrogen (secondary N) is 1. The van der Waals surface area contributed by atoms with Gasteiger partial charge in [-0.25, -0.2) is 0 Å². The number of benzene rings is 1. The molecule has 0 saturated heterocycles. The van der Waals surface area contributed by atoms with E-state index in [1.54, 1.807) is 20.8 Å². The Kier molecular flexibility index (Phi) is 7.19. The van der Waals surface area contributed by atoms with Gasteiger partial charge in [0.15, 0.2) is 0 Å². The molecule has 0 aliphatic rings. The first-order chi connectivity index (χ1) is 10.7. The molecule has 0 radical (unpaired) electrons. The lowest BCUT2D eigenvalue weighted by molar-refractivity contribution is -0.156. The molecule has 0 spiro atoms. The van der Waals surface area contributed by atoms with Crippen molar-refractivity contribution in [2.75, 3.05) is 6.54 Å². The second kappa shape index (κ2) is 8.64. The number of carboxylic acids is 1. The summed E-state index contributed by atoms with van der Waals surface area (Å²) < 4.78 is 5.19. The van der Waals surface area contributed by atoms with Crippen LogP contribution in [-0.4, -0.2) is 41.3 Å². The third-order valence-electron chi connectivity index (χ3n) is 3.14. The van der Waals surface area contributed by atoms with Gasteiger partial charge in [-0.2, -0.15) is 0 Å². The van der Waals surface area contributed by atoms with Crippen LogP contribution in [0.2, 0.25) is 0 Å². The van der Waals surface area contributed by atoms with Gasteiger partial charge in [-0.3, -0.25) is 9.59 Å². The predicted octanol–water partition coefficient (Wildman–Crippen LogP) is 1.33. The zero-order valence-corrected chi connectivity index (χ0v) is 13.9. The van der Waals surface area contributed by atoms with E-state index < -0.39 is 29.6 Å². The molecule has 0 bridgehead atoms. The molecule has 6 heteroatoms. The second-order valence-corrected chi connectivity index (χ2v) is 6.46. The third kappa shape index (κ3) is 7.76. The van der Waals surface area contributed by atoms with Crippen LogP contribution in [0.5, 0.6) is 0 Å². The van der Waals surface area contributed by atoms with Crippen molar-refractivity contribution in [2.45, 2.75) is 51.3 Å². The van der Waals surface area contributed by atoms with Gasteiger partial charge in [-0.05, 0) is 45.7 Å². The summed E-state index contributed by atoms with van der Waals surface area (Å²) in [6.45, 7) is 5.65. The van der Waals surface area contributed by atoms with Gasteiger partial charge in [0.2, 0.25) is 0 Å². The first-order valence-corrected chi connectivity index (χ1v) is 7.67. The number of carbonyl (C=O) groups is 2. The number of hydrogen-bond donors (Lipinski definition) is 3. The first kappa shape index (κ1) is 19.1. The molecular weight excluding hydrogens is 296 g/mol. The Morgan fingerprint density at radius 3 is 2.39 bits per heavy atom.